The molecule has 8 nitrogen and oxygen atoms in total. The summed E-state index contributed by atoms with van der Waals surface area (Å²) in [7, 11) is 1.54. The molecule has 0 fully saturated rings. The van der Waals surface area contributed by atoms with E-state index >= 15 is 0 Å². The van der Waals surface area contributed by atoms with Crippen molar-refractivity contribution in [3.05, 3.63) is 65.7 Å². The van der Waals surface area contributed by atoms with E-state index in [1.807, 2.05) is 30.3 Å². The van der Waals surface area contributed by atoms with Crippen LogP contribution in [0, 0.1) is 0 Å². The van der Waals surface area contributed by atoms with Gasteiger partial charge in [-0.05, 0) is 42.0 Å². The molecule has 0 bridgehead atoms. The van der Waals surface area contributed by atoms with Crippen LogP contribution in [0.5, 0.6) is 5.75 Å². The number of carbonyl (C=O) groups is 2. The standard InChI is InChI=1S/C17H17N5O3S/c1-25-14-9-7-13(8-10-14)15(23)19-17(26)22-21-16(24)20-18-11-12-5-3-2-4-6-12/h2-11H,1H3,(H2,20,21,24)(H2,19,22,23,26)/b18-11+. The van der Waals surface area contributed by atoms with Crippen LogP contribution in [0.25, 0.3) is 0 Å². The van der Waals surface area contributed by atoms with Crippen LogP contribution < -0.4 is 26.3 Å². The highest BCUT2D eigenvalue weighted by atomic mass is 32.1. The summed E-state index contributed by atoms with van der Waals surface area (Å²) >= 11 is 4.94. The molecule has 0 spiro atoms. The number of nitrogens with zero attached hydrogens (tertiary/aromatic N) is 1. The number of urea groups is 1. The van der Waals surface area contributed by atoms with Crippen molar-refractivity contribution >= 4 is 35.5 Å². The van der Waals surface area contributed by atoms with Gasteiger partial charge in [0, 0.05) is 5.56 Å². The van der Waals surface area contributed by atoms with Gasteiger partial charge in [0.1, 0.15) is 5.75 Å². The van der Waals surface area contributed by atoms with Crippen molar-refractivity contribution in [3.63, 3.8) is 0 Å². The highest BCUT2D eigenvalue weighted by molar-refractivity contribution is 7.80. The maximum absolute atomic E-state index is 12.0. The fraction of sp³-hybridized carbons (Fsp3) is 0.0588. The normalized spacial score (nSPS) is 10.0. The van der Waals surface area contributed by atoms with Crippen LogP contribution in [0.15, 0.2) is 59.7 Å². The predicted molar refractivity (Wildman–Crippen MR) is 102 cm³/mol. The summed E-state index contributed by atoms with van der Waals surface area (Å²) in [6, 6.07) is 15.1. The lowest BCUT2D eigenvalue weighted by Gasteiger charge is -2.10. The molecule has 0 aliphatic rings. The zero-order chi connectivity index (χ0) is 18.8. The fourth-order valence-electron chi connectivity index (χ4n) is 1.79. The van der Waals surface area contributed by atoms with Crippen LogP contribution in [0.3, 0.4) is 0 Å². The minimum Gasteiger partial charge on any atom is -0.497 e. The van der Waals surface area contributed by atoms with E-state index < -0.39 is 11.9 Å². The number of ether oxygens (including phenoxy) is 1. The van der Waals surface area contributed by atoms with Crippen molar-refractivity contribution in [1.29, 1.82) is 0 Å². The molecule has 9 heteroatoms. The van der Waals surface area contributed by atoms with Gasteiger partial charge in [-0.3, -0.25) is 15.5 Å². The first kappa shape index (κ1) is 18.9. The Bertz CT molecular complexity index is 794. The summed E-state index contributed by atoms with van der Waals surface area (Å²) in [5.41, 5.74) is 8.13. The third-order valence-corrected chi connectivity index (χ3v) is 3.25. The largest absolute Gasteiger partial charge is 0.497 e. The zero-order valence-electron chi connectivity index (χ0n) is 13.9. The third kappa shape index (κ3) is 6.21. The molecule has 134 valence electrons. The number of hydrazone groups is 1. The van der Waals surface area contributed by atoms with E-state index in [-0.39, 0.29) is 5.11 Å². The molecule has 0 radical (unpaired) electrons. The lowest BCUT2D eigenvalue weighted by atomic mass is 10.2. The van der Waals surface area contributed by atoms with E-state index in [0.717, 1.165) is 5.56 Å². The number of hydrazine groups is 1. The second kappa shape index (κ2) is 9.74. The van der Waals surface area contributed by atoms with Gasteiger partial charge in [0.15, 0.2) is 5.11 Å². The van der Waals surface area contributed by atoms with Crippen molar-refractivity contribution in [1.82, 2.24) is 21.6 Å². The molecule has 0 unspecified atom stereocenters. The van der Waals surface area contributed by atoms with Gasteiger partial charge in [-0.15, -0.1) is 0 Å². The number of rotatable bonds is 4. The Labute approximate surface area is 155 Å². The Kier molecular flexibility index (Phi) is 7.07. The molecule has 4 N–H and O–H groups in total. The Hall–Kier alpha value is -3.46. The molecule has 0 heterocycles. The molecule has 0 aliphatic carbocycles. The summed E-state index contributed by atoms with van der Waals surface area (Å²) < 4.78 is 5.02. The fourth-order valence-corrected chi connectivity index (χ4v) is 1.94. The second-order valence-electron chi connectivity index (χ2n) is 4.87. The van der Waals surface area contributed by atoms with E-state index in [1.54, 1.807) is 24.3 Å². The number of carbonyl (C=O) groups excluding carboxylic acids is 2. The molecule has 2 rings (SSSR count). The molecule has 0 saturated carbocycles. The van der Waals surface area contributed by atoms with Crippen molar-refractivity contribution in [3.8, 4) is 5.75 Å². The van der Waals surface area contributed by atoms with Gasteiger partial charge >= 0.3 is 6.03 Å². The first-order chi connectivity index (χ1) is 12.6. The van der Waals surface area contributed by atoms with E-state index in [4.69, 9.17) is 17.0 Å². The summed E-state index contributed by atoms with van der Waals surface area (Å²) in [5.74, 6) is 0.214. The number of thiocarbonyl (C=S) groups is 1. The van der Waals surface area contributed by atoms with Crippen LogP contribution >= 0.6 is 12.2 Å². The third-order valence-electron chi connectivity index (χ3n) is 3.05. The van der Waals surface area contributed by atoms with Crippen LogP contribution in [0.4, 0.5) is 4.79 Å². The summed E-state index contributed by atoms with van der Waals surface area (Å²) in [6.07, 6.45) is 1.49. The minimum absolute atomic E-state index is 0.0620. The van der Waals surface area contributed by atoms with Gasteiger partial charge in [0.2, 0.25) is 0 Å². The van der Waals surface area contributed by atoms with E-state index in [1.165, 1.54) is 13.3 Å². The van der Waals surface area contributed by atoms with Crippen molar-refractivity contribution in [2.24, 2.45) is 5.10 Å². The molecule has 2 aromatic rings. The van der Waals surface area contributed by atoms with E-state index in [9.17, 15) is 9.59 Å². The number of nitrogens with one attached hydrogen (secondary N) is 4. The smallest absolute Gasteiger partial charge is 0.353 e. The first-order valence-corrected chi connectivity index (χ1v) is 7.89. The highest BCUT2D eigenvalue weighted by Gasteiger charge is 2.08. The number of methoxy groups -OCH3 is 1. The summed E-state index contributed by atoms with van der Waals surface area (Å²) in [4.78, 5) is 23.6. The zero-order valence-corrected chi connectivity index (χ0v) is 14.7. The van der Waals surface area contributed by atoms with Gasteiger partial charge < -0.3 is 4.74 Å². The number of hydrogen-bond donors (Lipinski definition) is 4. The molecule has 0 saturated heterocycles. The van der Waals surface area contributed by atoms with Crippen molar-refractivity contribution in [2.45, 2.75) is 0 Å². The number of hydrogen-bond acceptors (Lipinski definition) is 5. The SMILES string of the molecule is COc1ccc(C(=O)NC(=S)NNC(=O)N/N=C/c2ccccc2)cc1. The lowest BCUT2D eigenvalue weighted by Crippen LogP contribution is -2.50. The number of benzene rings is 2. The van der Waals surface area contributed by atoms with Crippen molar-refractivity contribution in [2.75, 3.05) is 7.11 Å². The van der Waals surface area contributed by atoms with Crippen LogP contribution in [-0.4, -0.2) is 30.4 Å². The molecular weight excluding hydrogens is 354 g/mol. The van der Waals surface area contributed by atoms with Gasteiger partial charge in [-0.1, -0.05) is 30.3 Å². The maximum Gasteiger partial charge on any atom is 0.353 e. The topological polar surface area (TPSA) is 104 Å². The second-order valence-corrected chi connectivity index (χ2v) is 5.28. The molecule has 2 aromatic carbocycles. The molecule has 0 aliphatic heterocycles. The Morgan fingerprint density at radius 2 is 1.73 bits per heavy atom. The monoisotopic (exact) mass is 371 g/mol. The molecule has 0 aromatic heterocycles. The lowest BCUT2D eigenvalue weighted by molar-refractivity contribution is 0.0976. The molecule has 3 amide bonds. The quantitative estimate of drug-likeness (QED) is 0.371. The number of amides is 3. The highest BCUT2D eigenvalue weighted by Crippen LogP contribution is 2.10. The van der Waals surface area contributed by atoms with Crippen LogP contribution in [0.1, 0.15) is 15.9 Å². The summed E-state index contributed by atoms with van der Waals surface area (Å²) in [5, 5.41) is 6.14. The average Bonchev–Trinajstić information content (AvgIpc) is 2.67. The van der Waals surface area contributed by atoms with Crippen LogP contribution in [0.2, 0.25) is 0 Å². The summed E-state index contributed by atoms with van der Waals surface area (Å²) in [6.45, 7) is 0. The average molecular weight is 371 g/mol. The van der Waals surface area contributed by atoms with E-state index in [0.29, 0.717) is 11.3 Å². The van der Waals surface area contributed by atoms with E-state index in [2.05, 4.69) is 26.7 Å². The van der Waals surface area contributed by atoms with Gasteiger partial charge in [-0.25, -0.2) is 15.6 Å². The Morgan fingerprint density at radius 3 is 2.38 bits per heavy atom. The van der Waals surface area contributed by atoms with Gasteiger partial charge in [-0.2, -0.15) is 5.10 Å². The van der Waals surface area contributed by atoms with Crippen LogP contribution in [-0.2, 0) is 0 Å². The van der Waals surface area contributed by atoms with Crippen molar-refractivity contribution < 1.29 is 14.3 Å². The predicted octanol–water partition coefficient (Wildman–Crippen LogP) is 1.55. The van der Waals surface area contributed by atoms with Gasteiger partial charge in [0.05, 0.1) is 13.3 Å². The minimum atomic E-state index is -0.641. The Morgan fingerprint density at radius 1 is 1.04 bits per heavy atom. The Balaban J connectivity index is 1.72. The first-order valence-electron chi connectivity index (χ1n) is 7.48. The van der Waals surface area contributed by atoms with Gasteiger partial charge in [0.25, 0.3) is 5.91 Å². The molecule has 26 heavy (non-hydrogen) atoms. The molecule has 0 atom stereocenters. The molecular formula is C17H17N5O3S. The maximum atomic E-state index is 12.0.